The molecule has 5 nitrogen and oxygen atoms in total. The number of hydrogen-bond acceptors (Lipinski definition) is 3. The molecule has 1 N–H and O–H groups in total. The van der Waals surface area contributed by atoms with E-state index in [1.807, 2.05) is 44.2 Å². The summed E-state index contributed by atoms with van der Waals surface area (Å²) in [4.78, 5) is 12.5. The maximum absolute atomic E-state index is 12.5. The summed E-state index contributed by atoms with van der Waals surface area (Å²) in [5.41, 5.74) is 5.12. The molecule has 2 aromatic rings. The summed E-state index contributed by atoms with van der Waals surface area (Å²) in [6.45, 7) is 4.14. The Bertz CT molecular complexity index is 985. The second kappa shape index (κ2) is 8.99. The zero-order valence-electron chi connectivity index (χ0n) is 17.4. The van der Waals surface area contributed by atoms with Crippen LogP contribution in [-0.2, 0) is 21.2 Å². The molecule has 0 saturated heterocycles. The molecular weight excluding hydrogens is 384 g/mol. The monoisotopic (exact) mass is 414 g/mol. The summed E-state index contributed by atoms with van der Waals surface area (Å²) in [6, 6.07) is 14.1. The van der Waals surface area contributed by atoms with E-state index in [0.717, 1.165) is 30.4 Å². The molecule has 0 bridgehead atoms. The molecule has 0 aromatic heterocycles. The molecule has 1 aliphatic rings. The van der Waals surface area contributed by atoms with Crippen molar-refractivity contribution in [3.8, 4) is 0 Å². The number of aryl methyl sites for hydroxylation is 3. The van der Waals surface area contributed by atoms with E-state index in [2.05, 4.69) is 17.4 Å². The van der Waals surface area contributed by atoms with E-state index in [9.17, 15) is 13.2 Å². The number of carbonyl (C=O) groups excluding carboxylic acids is 1. The Hall–Kier alpha value is -2.34. The van der Waals surface area contributed by atoms with Crippen LogP contribution in [0.25, 0.3) is 0 Å². The molecule has 1 atom stereocenters. The zero-order chi connectivity index (χ0) is 21.0. The van der Waals surface area contributed by atoms with Crippen molar-refractivity contribution in [3.63, 3.8) is 0 Å². The number of anilines is 1. The molecule has 0 heterocycles. The lowest BCUT2D eigenvalue weighted by Gasteiger charge is -2.27. The summed E-state index contributed by atoms with van der Waals surface area (Å²) in [7, 11) is -3.42. The molecule has 0 spiro atoms. The Morgan fingerprint density at radius 2 is 1.93 bits per heavy atom. The highest BCUT2D eigenvalue weighted by Crippen LogP contribution is 2.29. The number of amides is 1. The van der Waals surface area contributed by atoms with Crippen molar-refractivity contribution in [2.24, 2.45) is 0 Å². The van der Waals surface area contributed by atoms with Gasteiger partial charge in [0, 0.05) is 13.0 Å². The van der Waals surface area contributed by atoms with E-state index < -0.39 is 10.0 Å². The van der Waals surface area contributed by atoms with E-state index in [4.69, 9.17) is 0 Å². The predicted octanol–water partition coefficient (Wildman–Crippen LogP) is 4.04. The number of nitrogens with one attached hydrogen (secondary N) is 1. The molecule has 6 heteroatoms. The first-order valence-electron chi connectivity index (χ1n) is 10.2. The number of rotatable bonds is 7. The Morgan fingerprint density at radius 1 is 1.17 bits per heavy atom. The van der Waals surface area contributed by atoms with Crippen LogP contribution in [0.2, 0.25) is 0 Å². The van der Waals surface area contributed by atoms with Crippen molar-refractivity contribution in [1.29, 1.82) is 0 Å². The number of carbonyl (C=O) groups is 1. The minimum Gasteiger partial charge on any atom is -0.349 e. The number of fused-ring (bicyclic) bond motifs is 1. The third kappa shape index (κ3) is 5.38. The average molecular weight is 415 g/mol. The van der Waals surface area contributed by atoms with E-state index in [0.29, 0.717) is 18.5 Å². The fourth-order valence-electron chi connectivity index (χ4n) is 4.01. The molecule has 0 unspecified atom stereocenters. The van der Waals surface area contributed by atoms with Crippen LogP contribution in [0.5, 0.6) is 0 Å². The van der Waals surface area contributed by atoms with Crippen LogP contribution in [0, 0.1) is 13.8 Å². The van der Waals surface area contributed by atoms with Gasteiger partial charge in [0.25, 0.3) is 0 Å². The molecule has 29 heavy (non-hydrogen) atoms. The SMILES string of the molecule is Cc1ccc(C)c(N(CCCC(=O)N[C@H]2CCCc3ccccc32)S(C)(=O)=O)c1. The summed E-state index contributed by atoms with van der Waals surface area (Å²) >= 11 is 0. The van der Waals surface area contributed by atoms with Crippen LogP contribution < -0.4 is 9.62 Å². The Balaban J connectivity index is 1.62. The maximum atomic E-state index is 12.5. The highest BCUT2D eigenvalue weighted by molar-refractivity contribution is 7.92. The number of nitrogens with zero attached hydrogens (tertiary/aromatic N) is 1. The maximum Gasteiger partial charge on any atom is 0.232 e. The van der Waals surface area contributed by atoms with Gasteiger partial charge >= 0.3 is 0 Å². The average Bonchev–Trinajstić information content (AvgIpc) is 2.67. The first-order valence-corrected chi connectivity index (χ1v) is 12.0. The van der Waals surface area contributed by atoms with Gasteiger partial charge in [0.2, 0.25) is 15.9 Å². The molecule has 3 rings (SSSR count). The Kier molecular flexibility index (Phi) is 6.63. The van der Waals surface area contributed by atoms with Gasteiger partial charge in [-0.3, -0.25) is 9.10 Å². The summed E-state index contributed by atoms with van der Waals surface area (Å²) in [5.74, 6) is -0.0267. The summed E-state index contributed by atoms with van der Waals surface area (Å²) in [6.07, 6.45) is 5.06. The van der Waals surface area contributed by atoms with Crippen molar-refractivity contribution in [2.75, 3.05) is 17.1 Å². The molecular formula is C23H30N2O3S. The van der Waals surface area contributed by atoms with E-state index in [-0.39, 0.29) is 18.5 Å². The fourth-order valence-corrected chi connectivity index (χ4v) is 5.02. The quantitative estimate of drug-likeness (QED) is 0.743. The van der Waals surface area contributed by atoms with E-state index in [1.165, 1.54) is 21.7 Å². The molecule has 156 valence electrons. The zero-order valence-corrected chi connectivity index (χ0v) is 18.3. The first-order chi connectivity index (χ1) is 13.8. The van der Waals surface area contributed by atoms with Gasteiger partial charge < -0.3 is 5.32 Å². The lowest BCUT2D eigenvalue weighted by atomic mass is 9.87. The predicted molar refractivity (Wildman–Crippen MR) is 118 cm³/mol. The highest BCUT2D eigenvalue weighted by Gasteiger charge is 2.22. The van der Waals surface area contributed by atoms with Gasteiger partial charge in [-0.15, -0.1) is 0 Å². The third-order valence-corrected chi connectivity index (χ3v) is 6.68. The van der Waals surface area contributed by atoms with Gasteiger partial charge in [-0.25, -0.2) is 8.42 Å². The number of hydrogen-bond donors (Lipinski definition) is 1. The second-order valence-corrected chi connectivity index (χ2v) is 9.85. The van der Waals surface area contributed by atoms with Gasteiger partial charge in [-0.1, -0.05) is 36.4 Å². The molecule has 0 radical (unpaired) electrons. The second-order valence-electron chi connectivity index (χ2n) is 7.94. The van der Waals surface area contributed by atoms with Crippen LogP contribution in [0.1, 0.15) is 54.0 Å². The lowest BCUT2D eigenvalue weighted by molar-refractivity contribution is -0.122. The van der Waals surface area contributed by atoms with Crippen molar-refractivity contribution in [2.45, 2.75) is 52.0 Å². The van der Waals surface area contributed by atoms with E-state index >= 15 is 0 Å². The van der Waals surface area contributed by atoms with Crippen LogP contribution in [-0.4, -0.2) is 27.1 Å². The van der Waals surface area contributed by atoms with Gasteiger partial charge in [0.15, 0.2) is 0 Å². The van der Waals surface area contributed by atoms with Crippen molar-refractivity contribution in [1.82, 2.24) is 5.32 Å². The number of benzene rings is 2. The minimum absolute atomic E-state index is 0.0267. The minimum atomic E-state index is -3.42. The third-order valence-electron chi connectivity index (χ3n) is 5.50. The van der Waals surface area contributed by atoms with Crippen molar-refractivity contribution in [3.05, 3.63) is 64.7 Å². The molecule has 2 aromatic carbocycles. The van der Waals surface area contributed by atoms with Crippen LogP contribution in [0.3, 0.4) is 0 Å². The van der Waals surface area contributed by atoms with E-state index in [1.54, 1.807) is 0 Å². The Labute approximate surface area is 174 Å². The fraction of sp³-hybridized carbons (Fsp3) is 0.435. The lowest BCUT2D eigenvalue weighted by Crippen LogP contribution is -2.34. The Morgan fingerprint density at radius 3 is 2.69 bits per heavy atom. The van der Waals surface area contributed by atoms with Gasteiger partial charge in [-0.2, -0.15) is 0 Å². The first kappa shape index (κ1) is 21.4. The summed E-state index contributed by atoms with van der Waals surface area (Å²) < 4.78 is 26.1. The van der Waals surface area contributed by atoms with Crippen molar-refractivity contribution >= 4 is 21.6 Å². The molecule has 0 fully saturated rings. The smallest absolute Gasteiger partial charge is 0.232 e. The topological polar surface area (TPSA) is 66.5 Å². The van der Waals surface area contributed by atoms with Gasteiger partial charge in [0.1, 0.15) is 0 Å². The largest absolute Gasteiger partial charge is 0.349 e. The highest BCUT2D eigenvalue weighted by atomic mass is 32.2. The molecule has 0 aliphatic heterocycles. The van der Waals surface area contributed by atoms with Gasteiger partial charge in [-0.05, 0) is 67.9 Å². The number of sulfonamides is 1. The van der Waals surface area contributed by atoms with Crippen molar-refractivity contribution < 1.29 is 13.2 Å². The summed E-state index contributed by atoms with van der Waals surface area (Å²) in [5, 5.41) is 3.14. The molecule has 0 saturated carbocycles. The molecule has 1 amide bonds. The van der Waals surface area contributed by atoms with Gasteiger partial charge in [0.05, 0.1) is 18.0 Å². The van der Waals surface area contributed by atoms with Crippen LogP contribution >= 0.6 is 0 Å². The normalized spacial score (nSPS) is 16.2. The molecule has 1 aliphatic carbocycles. The van der Waals surface area contributed by atoms with Crippen LogP contribution in [0.4, 0.5) is 5.69 Å². The van der Waals surface area contributed by atoms with Crippen LogP contribution in [0.15, 0.2) is 42.5 Å². The standard InChI is InChI=1S/C23H30N2O3S/c1-17-13-14-18(2)22(16-17)25(29(3,27)28)15-7-12-23(26)24-21-11-6-9-19-8-4-5-10-20(19)21/h4-5,8,10,13-14,16,21H,6-7,9,11-12,15H2,1-3H3,(H,24,26)/t21-/m0/s1.